The van der Waals surface area contributed by atoms with Crippen molar-refractivity contribution in [2.75, 3.05) is 25.1 Å². The van der Waals surface area contributed by atoms with Crippen molar-refractivity contribution in [2.45, 2.75) is 25.4 Å². The number of carbonyl (C=O) groups is 1. The first kappa shape index (κ1) is 14.5. The van der Waals surface area contributed by atoms with E-state index in [1.807, 2.05) is 6.07 Å². The van der Waals surface area contributed by atoms with E-state index in [1.165, 1.54) is 0 Å². The summed E-state index contributed by atoms with van der Waals surface area (Å²) in [5.41, 5.74) is 1.29. The lowest BCUT2D eigenvalue weighted by Gasteiger charge is -2.09. The number of rotatable bonds is 6. The summed E-state index contributed by atoms with van der Waals surface area (Å²) in [5.74, 6) is -0.0408. The molecule has 1 heterocycles. The first-order valence-electron chi connectivity index (χ1n) is 6.77. The van der Waals surface area contributed by atoms with Gasteiger partial charge in [-0.25, -0.2) is 0 Å². The van der Waals surface area contributed by atoms with Crippen molar-refractivity contribution in [3.63, 3.8) is 0 Å². The quantitative estimate of drug-likeness (QED) is 0.806. The van der Waals surface area contributed by atoms with E-state index in [0.717, 1.165) is 13.0 Å². The summed E-state index contributed by atoms with van der Waals surface area (Å²) in [7, 11) is 0. The minimum absolute atomic E-state index is 0.0408. The van der Waals surface area contributed by atoms with E-state index >= 15 is 0 Å². The zero-order valence-electron chi connectivity index (χ0n) is 11.3. The number of hydrogen-bond donors (Lipinski definition) is 1. The first-order chi connectivity index (χ1) is 9.78. The molecule has 1 aromatic rings. The molecule has 20 heavy (non-hydrogen) atoms. The van der Waals surface area contributed by atoms with Gasteiger partial charge in [-0.05, 0) is 37.1 Å². The standard InChI is InChI=1S/C15H18N2O3/c16-10-12-3-5-13(6-4-12)17-15(18)2-1-8-20-14-7-9-19-11-14/h3-6,14H,1-2,7-9,11H2,(H,17,18). The summed E-state index contributed by atoms with van der Waals surface area (Å²) >= 11 is 0. The van der Waals surface area contributed by atoms with Gasteiger partial charge in [-0.3, -0.25) is 4.79 Å². The topological polar surface area (TPSA) is 71.4 Å². The van der Waals surface area contributed by atoms with E-state index in [4.69, 9.17) is 14.7 Å². The van der Waals surface area contributed by atoms with Gasteiger partial charge in [-0.1, -0.05) is 0 Å². The van der Waals surface area contributed by atoms with Crippen LogP contribution in [0.1, 0.15) is 24.8 Å². The summed E-state index contributed by atoms with van der Waals surface area (Å²) in [5, 5.41) is 11.5. The van der Waals surface area contributed by atoms with Crippen LogP contribution in [0.4, 0.5) is 5.69 Å². The molecule has 0 bridgehead atoms. The molecule has 5 nitrogen and oxygen atoms in total. The molecular formula is C15H18N2O3. The van der Waals surface area contributed by atoms with Crippen LogP contribution in [0.3, 0.4) is 0 Å². The Morgan fingerprint density at radius 1 is 1.45 bits per heavy atom. The second kappa shape index (κ2) is 7.63. The van der Waals surface area contributed by atoms with Crippen molar-refractivity contribution in [1.82, 2.24) is 0 Å². The molecule has 1 aliphatic heterocycles. The molecule has 1 saturated heterocycles. The van der Waals surface area contributed by atoms with Crippen molar-refractivity contribution in [3.05, 3.63) is 29.8 Å². The molecule has 2 rings (SSSR count). The number of amides is 1. The van der Waals surface area contributed by atoms with Gasteiger partial charge in [0.05, 0.1) is 24.3 Å². The average molecular weight is 274 g/mol. The van der Waals surface area contributed by atoms with Crippen LogP contribution in [-0.2, 0) is 14.3 Å². The third-order valence-corrected chi connectivity index (χ3v) is 3.09. The van der Waals surface area contributed by atoms with Gasteiger partial charge in [0.15, 0.2) is 0 Å². The SMILES string of the molecule is N#Cc1ccc(NC(=O)CCCOC2CCOC2)cc1. The van der Waals surface area contributed by atoms with E-state index in [-0.39, 0.29) is 12.0 Å². The van der Waals surface area contributed by atoms with Crippen LogP contribution in [-0.4, -0.2) is 31.8 Å². The van der Waals surface area contributed by atoms with E-state index in [2.05, 4.69) is 5.32 Å². The zero-order valence-corrected chi connectivity index (χ0v) is 11.3. The monoisotopic (exact) mass is 274 g/mol. The molecule has 0 aromatic heterocycles. The van der Waals surface area contributed by atoms with E-state index in [1.54, 1.807) is 24.3 Å². The molecule has 1 atom stereocenters. The lowest BCUT2D eigenvalue weighted by atomic mass is 10.2. The predicted molar refractivity (Wildman–Crippen MR) is 74.2 cm³/mol. The summed E-state index contributed by atoms with van der Waals surface area (Å²) < 4.78 is 10.8. The molecule has 106 valence electrons. The van der Waals surface area contributed by atoms with Gasteiger partial charge in [0.25, 0.3) is 0 Å². The van der Waals surface area contributed by atoms with Crippen molar-refractivity contribution < 1.29 is 14.3 Å². The highest BCUT2D eigenvalue weighted by molar-refractivity contribution is 5.90. The number of nitrogens with one attached hydrogen (secondary N) is 1. The predicted octanol–water partition coefficient (Wildman–Crippen LogP) is 2.08. The molecule has 0 aliphatic carbocycles. The number of ether oxygens (including phenoxy) is 2. The number of carbonyl (C=O) groups excluding carboxylic acids is 1. The van der Waals surface area contributed by atoms with Crippen LogP contribution in [0, 0.1) is 11.3 Å². The Labute approximate surface area is 118 Å². The molecule has 0 spiro atoms. The minimum atomic E-state index is -0.0408. The second-order valence-corrected chi connectivity index (χ2v) is 4.70. The minimum Gasteiger partial charge on any atom is -0.379 e. The molecule has 1 amide bonds. The smallest absolute Gasteiger partial charge is 0.224 e. The van der Waals surface area contributed by atoms with Gasteiger partial charge in [0.2, 0.25) is 5.91 Å². The number of benzene rings is 1. The molecule has 1 aromatic carbocycles. The summed E-state index contributed by atoms with van der Waals surface area (Å²) in [6.45, 7) is 2.01. The van der Waals surface area contributed by atoms with Crippen LogP contribution in [0.5, 0.6) is 0 Å². The highest BCUT2D eigenvalue weighted by Gasteiger charge is 2.15. The van der Waals surface area contributed by atoms with Gasteiger partial charge in [0, 0.05) is 25.3 Å². The van der Waals surface area contributed by atoms with E-state index in [9.17, 15) is 4.79 Å². The maximum atomic E-state index is 11.7. The Morgan fingerprint density at radius 2 is 2.25 bits per heavy atom. The zero-order chi connectivity index (χ0) is 14.2. The third-order valence-electron chi connectivity index (χ3n) is 3.09. The largest absolute Gasteiger partial charge is 0.379 e. The number of hydrogen-bond acceptors (Lipinski definition) is 4. The van der Waals surface area contributed by atoms with Crippen LogP contribution >= 0.6 is 0 Å². The molecular weight excluding hydrogens is 256 g/mol. The highest BCUT2D eigenvalue weighted by Crippen LogP contribution is 2.11. The third kappa shape index (κ3) is 4.65. The average Bonchev–Trinajstić information content (AvgIpc) is 2.98. The summed E-state index contributed by atoms with van der Waals surface area (Å²) in [6.07, 6.45) is 2.25. The Kier molecular flexibility index (Phi) is 5.54. The molecule has 1 aliphatic rings. The number of nitriles is 1. The number of anilines is 1. The van der Waals surface area contributed by atoms with Gasteiger partial charge < -0.3 is 14.8 Å². The Balaban J connectivity index is 1.63. The van der Waals surface area contributed by atoms with Crippen LogP contribution < -0.4 is 5.32 Å². The van der Waals surface area contributed by atoms with Crippen molar-refractivity contribution in [2.24, 2.45) is 0 Å². The lowest BCUT2D eigenvalue weighted by molar-refractivity contribution is -0.116. The lowest BCUT2D eigenvalue weighted by Crippen LogP contribution is -2.16. The van der Waals surface area contributed by atoms with Crippen molar-refractivity contribution in [3.8, 4) is 6.07 Å². The van der Waals surface area contributed by atoms with E-state index < -0.39 is 0 Å². The molecule has 5 heteroatoms. The first-order valence-corrected chi connectivity index (χ1v) is 6.77. The Hall–Kier alpha value is -1.90. The fourth-order valence-electron chi connectivity index (χ4n) is 1.98. The van der Waals surface area contributed by atoms with Gasteiger partial charge in [0.1, 0.15) is 0 Å². The van der Waals surface area contributed by atoms with Crippen LogP contribution in [0.2, 0.25) is 0 Å². The van der Waals surface area contributed by atoms with Gasteiger partial charge >= 0.3 is 0 Å². The van der Waals surface area contributed by atoms with Crippen LogP contribution in [0.25, 0.3) is 0 Å². The molecule has 0 saturated carbocycles. The fourth-order valence-corrected chi connectivity index (χ4v) is 1.98. The summed E-state index contributed by atoms with van der Waals surface area (Å²) in [4.78, 5) is 11.7. The molecule has 1 N–H and O–H groups in total. The van der Waals surface area contributed by atoms with Crippen LogP contribution in [0.15, 0.2) is 24.3 Å². The summed E-state index contributed by atoms with van der Waals surface area (Å²) in [6, 6.07) is 8.85. The van der Waals surface area contributed by atoms with Gasteiger partial charge in [-0.15, -0.1) is 0 Å². The second-order valence-electron chi connectivity index (χ2n) is 4.70. The molecule has 1 unspecified atom stereocenters. The van der Waals surface area contributed by atoms with Gasteiger partial charge in [-0.2, -0.15) is 5.26 Å². The normalized spacial score (nSPS) is 17.6. The fraction of sp³-hybridized carbons (Fsp3) is 0.467. The van der Waals surface area contributed by atoms with E-state index in [0.29, 0.717) is 37.3 Å². The van der Waals surface area contributed by atoms with Crippen molar-refractivity contribution in [1.29, 1.82) is 5.26 Å². The highest BCUT2D eigenvalue weighted by atomic mass is 16.5. The Bertz CT molecular complexity index is 473. The molecule has 1 fully saturated rings. The molecule has 0 radical (unpaired) electrons. The number of nitrogens with zero attached hydrogens (tertiary/aromatic N) is 1. The maximum Gasteiger partial charge on any atom is 0.224 e. The van der Waals surface area contributed by atoms with Crippen molar-refractivity contribution >= 4 is 11.6 Å². The maximum absolute atomic E-state index is 11.7. The Morgan fingerprint density at radius 3 is 2.90 bits per heavy atom.